The van der Waals surface area contributed by atoms with Gasteiger partial charge in [0, 0.05) is 10.9 Å². The number of nitrogens with zero attached hydrogens (tertiary/aromatic N) is 5. The van der Waals surface area contributed by atoms with Crippen LogP contribution in [0.25, 0.3) is 27.3 Å². The maximum Gasteiger partial charge on any atom is 0.186 e. The molecule has 0 bridgehead atoms. The number of para-hydroxylation sites is 1. The number of hydrogen-bond donors (Lipinski definition) is 0. The lowest BCUT2D eigenvalue weighted by Crippen LogP contribution is -1.95. The summed E-state index contributed by atoms with van der Waals surface area (Å²) in [6.45, 7) is 0. The molecule has 0 aliphatic rings. The van der Waals surface area contributed by atoms with Crippen molar-refractivity contribution < 1.29 is 0 Å². The van der Waals surface area contributed by atoms with Crippen molar-refractivity contribution in [2.24, 2.45) is 0 Å². The molecule has 0 aliphatic carbocycles. The van der Waals surface area contributed by atoms with Crippen molar-refractivity contribution in [1.29, 1.82) is 0 Å². The quantitative estimate of drug-likeness (QED) is 0.466. The summed E-state index contributed by atoms with van der Waals surface area (Å²) in [5.74, 6) is 0.762. The fraction of sp³-hybridized carbons (Fsp3) is 0. The Balaban J connectivity index is 1.56. The van der Waals surface area contributed by atoms with Crippen LogP contribution in [0, 0.1) is 0 Å². The van der Waals surface area contributed by atoms with Gasteiger partial charge >= 0.3 is 0 Å². The van der Waals surface area contributed by atoms with Crippen molar-refractivity contribution >= 4 is 50.3 Å². The van der Waals surface area contributed by atoms with Gasteiger partial charge in [0.1, 0.15) is 5.03 Å². The van der Waals surface area contributed by atoms with Crippen molar-refractivity contribution in [3.8, 4) is 11.4 Å². The van der Waals surface area contributed by atoms with Crippen molar-refractivity contribution in [1.82, 2.24) is 24.8 Å². The number of hydrogen-bond acceptors (Lipinski definition) is 7. The molecule has 8 heteroatoms. The molecule has 0 saturated heterocycles. The highest BCUT2D eigenvalue weighted by Crippen LogP contribution is 2.33. The molecule has 0 unspecified atom stereocenters. The molecule has 0 fully saturated rings. The zero-order valence-electron chi connectivity index (χ0n) is 12.2. The van der Waals surface area contributed by atoms with E-state index in [-0.39, 0.29) is 0 Å². The summed E-state index contributed by atoms with van der Waals surface area (Å²) < 4.78 is 3.95. The molecule has 5 aromatic rings. The van der Waals surface area contributed by atoms with Gasteiger partial charge in [-0.3, -0.25) is 0 Å². The van der Waals surface area contributed by atoms with Crippen LogP contribution >= 0.6 is 34.4 Å². The molecular weight excluding hydrogens is 358 g/mol. The van der Waals surface area contributed by atoms with E-state index in [4.69, 9.17) is 0 Å². The molecule has 0 radical (unpaired) electrons. The van der Waals surface area contributed by atoms with E-state index in [9.17, 15) is 0 Å². The normalized spacial score (nSPS) is 11.5. The summed E-state index contributed by atoms with van der Waals surface area (Å²) in [4.78, 5) is 4.65. The molecule has 5 rings (SSSR count). The minimum Gasteiger partial charge on any atom is -0.229 e. The average molecular weight is 367 g/mol. The van der Waals surface area contributed by atoms with E-state index in [1.165, 1.54) is 4.70 Å². The second kappa shape index (κ2) is 5.66. The molecule has 0 spiro atoms. The van der Waals surface area contributed by atoms with E-state index < -0.39 is 0 Å². The summed E-state index contributed by atoms with van der Waals surface area (Å²) in [7, 11) is 0. The average Bonchev–Trinajstić information content (AvgIpc) is 3.33. The predicted molar refractivity (Wildman–Crippen MR) is 97.8 cm³/mol. The van der Waals surface area contributed by atoms with Crippen LogP contribution in [0.4, 0.5) is 0 Å². The number of rotatable bonds is 3. The first-order valence-electron chi connectivity index (χ1n) is 7.15. The third kappa shape index (κ3) is 2.39. The van der Waals surface area contributed by atoms with E-state index in [1.807, 2.05) is 47.2 Å². The van der Waals surface area contributed by atoms with Crippen LogP contribution in [-0.4, -0.2) is 24.8 Å². The zero-order valence-corrected chi connectivity index (χ0v) is 14.6. The van der Waals surface area contributed by atoms with Gasteiger partial charge in [-0.05, 0) is 47.5 Å². The first-order chi connectivity index (χ1) is 11.9. The van der Waals surface area contributed by atoms with Crippen molar-refractivity contribution in [3.05, 3.63) is 53.2 Å². The SMILES string of the molecule is c1ccc2sc(Sc3ccc4nnc(-c5ccsc5)n4n3)nc2c1. The molecule has 116 valence electrons. The zero-order chi connectivity index (χ0) is 15.9. The smallest absolute Gasteiger partial charge is 0.186 e. The third-order valence-electron chi connectivity index (χ3n) is 3.48. The summed E-state index contributed by atoms with van der Waals surface area (Å²) >= 11 is 4.87. The molecule has 4 aromatic heterocycles. The van der Waals surface area contributed by atoms with Crippen molar-refractivity contribution in [2.75, 3.05) is 0 Å². The Bertz CT molecular complexity index is 1110. The maximum atomic E-state index is 4.68. The van der Waals surface area contributed by atoms with Gasteiger partial charge in [0.15, 0.2) is 15.8 Å². The van der Waals surface area contributed by atoms with Gasteiger partial charge in [0.2, 0.25) is 0 Å². The van der Waals surface area contributed by atoms with Gasteiger partial charge in [0.25, 0.3) is 0 Å². The fourth-order valence-electron chi connectivity index (χ4n) is 2.38. The molecule has 0 amide bonds. The Labute approximate surface area is 149 Å². The van der Waals surface area contributed by atoms with Crippen LogP contribution in [0.1, 0.15) is 0 Å². The molecule has 0 N–H and O–H groups in total. The number of benzene rings is 1. The Morgan fingerprint density at radius 1 is 1.00 bits per heavy atom. The Morgan fingerprint density at radius 3 is 2.83 bits per heavy atom. The summed E-state index contributed by atoms with van der Waals surface area (Å²) in [6, 6.07) is 14.1. The lowest BCUT2D eigenvalue weighted by molar-refractivity contribution is 0.861. The Morgan fingerprint density at radius 2 is 1.96 bits per heavy atom. The predicted octanol–water partition coefficient (Wildman–Crippen LogP) is 4.61. The van der Waals surface area contributed by atoms with E-state index >= 15 is 0 Å². The van der Waals surface area contributed by atoms with Gasteiger partial charge < -0.3 is 0 Å². The van der Waals surface area contributed by atoms with Crippen LogP contribution < -0.4 is 0 Å². The number of thiazole rings is 1. The highest BCUT2D eigenvalue weighted by atomic mass is 32.2. The Kier molecular flexibility index (Phi) is 3.32. The van der Waals surface area contributed by atoms with E-state index in [1.54, 1.807) is 39.0 Å². The van der Waals surface area contributed by atoms with Gasteiger partial charge in [0.05, 0.1) is 10.2 Å². The molecule has 0 atom stereocenters. The van der Waals surface area contributed by atoms with Gasteiger partial charge in [-0.15, -0.1) is 21.5 Å². The Hall–Kier alpha value is -2.29. The number of thiophene rings is 1. The molecular formula is C16H9N5S3. The molecule has 0 aliphatic heterocycles. The van der Waals surface area contributed by atoms with Crippen LogP contribution in [-0.2, 0) is 0 Å². The minimum absolute atomic E-state index is 0.741. The molecule has 5 nitrogen and oxygen atoms in total. The van der Waals surface area contributed by atoms with Crippen LogP contribution in [0.2, 0.25) is 0 Å². The summed E-state index contributed by atoms with van der Waals surface area (Å²) in [5.41, 5.74) is 2.79. The standard InChI is InChI=1S/C16H9N5S3/c1-2-4-12-11(3-1)17-16(23-12)24-14-6-5-13-18-19-15(21(13)20-14)10-7-8-22-9-10/h1-9H. The highest BCUT2D eigenvalue weighted by molar-refractivity contribution is 8.01. The largest absolute Gasteiger partial charge is 0.229 e. The van der Waals surface area contributed by atoms with Crippen molar-refractivity contribution in [3.63, 3.8) is 0 Å². The summed E-state index contributed by atoms with van der Waals surface area (Å²) in [5, 5.41) is 18.1. The molecule has 1 aromatic carbocycles. The lowest BCUT2D eigenvalue weighted by atomic mass is 10.3. The third-order valence-corrected chi connectivity index (χ3v) is 6.19. The second-order valence-corrected chi connectivity index (χ2v) is 8.10. The molecule has 4 heterocycles. The first-order valence-corrected chi connectivity index (χ1v) is 9.73. The van der Waals surface area contributed by atoms with Crippen LogP contribution in [0.15, 0.2) is 62.6 Å². The molecule has 24 heavy (non-hydrogen) atoms. The first kappa shape index (κ1) is 14.1. The van der Waals surface area contributed by atoms with Gasteiger partial charge in [-0.1, -0.05) is 12.1 Å². The summed E-state index contributed by atoms with van der Waals surface area (Å²) in [6.07, 6.45) is 0. The monoisotopic (exact) mass is 367 g/mol. The van der Waals surface area contributed by atoms with E-state index in [2.05, 4.69) is 26.3 Å². The fourth-order valence-corrected chi connectivity index (χ4v) is 4.99. The van der Waals surface area contributed by atoms with Crippen molar-refractivity contribution in [2.45, 2.75) is 9.37 Å². The topological polar surface area (TPSA) is 56.0 Å². The van der Waals surface area contributed by atoms with Crippen LogP contribution in [0.5, 0.6) is 0 Å². The number of fused-ring (bicyclic) bond motifs is 2. The lowest BCUT2D eigenvalue weighted by Gasteiger charge is -2.00. The highest BCUT2D eigenvalue weighted by Gasteiger charge is 2.12. The van der Waals surface area contributed by atoms with Crippen LogP contribution in [0.3, 0.4) is 0 Å². The van der Waals surface area contributed by atoms with Gasteiger partial charge in [-0.25, -0.2) is 4.98 Å². The van der Waals surface area contributed by atoms with Gasteiger partial charge in [-0.2, -0.15) is 21.0 Å². The maximum absolute atomic E-state index is 4.68. The molecule has 0 saturated carbocycles. The van der Waals surface area contributed by atoms with E-state index in [0.717, 1.165) is 31.9 Å². The minimum atomic E-state index is 0.741. The number of aromatic nitrogens is 5. The van der Waals surface area contributed by atoms with E-state index in [0.29, 0.717) is 0 Å². The second-order valence-electron chi connectivity index (χ2n) is 5.03.